The van der Waals surface area contributed by atoms with Crippen molar-refractivity contribution in [2.24, 2.45) is 20.5 Å². The molecule has 4 aromatic carbocycles. The molecule has 0 saturated carbocycles. The molecule has 15 heteroatoms. The minimum Gasteiger partial charge on any atom is -0.506 e. The second-order valence-electron chi connectivity index (χ2n) is 9.68. The van der Waals surface area contributed by atoms with Crippen LogP contribution < -0.4 is 0 Å². The van der Waals surface area contributed by atoms with Crippen LogP contribution in [0.5, 0.6) is 23.3 Å². The van der Waals surface area contributed by atoms with Gasteiger partial charge in [0.05, 0.1) is 22.8 Å². The maximum absolute atomic E-state index is 10.3. The first-order valence-corrected chi connectivity index (χ1v) is 14.4. The smallest absolute Gasteiger partial charge is 0.243 e. The van der Waals surface area contributed by atoms with Crippen LogP contribution in [0.15, 0.2) is 118 Å². The van der Waals surface area contributed by atoms with Gasteiger partial charge < -0.3 is 20.4 Å². The van der Waals surface area contributed by atoms with E-state index in [0.29, 0.717) is 32.8 Å². The Bertz CT molecular complexity index is 1900. The van der Waals surface area contributed by atoms with Gasteiger partial charge in [-0.1, -0.05) is 59.6 Å². The predicted molar refractivity (Wildman–Crippen MR) is 175 cm³/mol. The molecule has 2 heterocycles. The van der Waals surface area contributed by atoms with Crippen molar-refractivity contribution >= 4 is 46.0 Å². The van der Waals surface area contributed by atoms with Gasteiger partial charge in [0.15, 0.2) is 11.4 Å². The number of rotatable bonds is 6. The van der Waals surface area contributed by atoms with Crippen molar-refractivity contribution < 1.29 is 37.5 Å². The summed E-state index contributed by atoms with van der Waals surface area (Å²) in [5.41, 5.74) is 3.32. The van der Waals surface area contributed by atoms with Gasteiger partial charge in [-0.05, 0) is 74.5 Å². The largest absolute Gasteiger partial charge is 0.506 e. The normalized spacial score (nSPS) is 11.0. The summed E-state index contributed by atoms with van der Waals surface area (Å²) in [7, 11) is 0. The van der Waals surface area contributed by atoms with E-state index in [1.165, 1.54) is 33.6 Å². The van der Waals surface area contributed by atoms with Gasteiger partial charge in [-0.25, -0.2) is 0 Å². The van der Waals surface area contributed by atoms with E-state index in [1.54, 1.807) is 26.0 Å². The molecule has 240 valence electrons. The van der Waals surface area contributed by atoms with Gasteiger partial charge in [0.25, 0.3) is 0 Å². The molecule has 0 amide bonds. The topological polar surface area (TPSA) is 166 Å². The molecule has 0 saturated heterocycles. The summed E-state index contributed by atoms with van der Waals surface area (Å²) in [4.78, 5) is 0. The maximum atomic E-state index is 10.3. The summed E-state index contributed by atoms with van der Waals surface area (Å²) in [5.74, 6) is -0.352. The maximum Gasteiger partial charge on any atom is 0.243 e. The van der Waals surface area contributed by atoms with Crippen molar-refractivity contribution in [3.8, 4) is 34.6 Å². The van der Waals surface area contributed by atoms with Crippen molar-refractivity contribution in [1.82, 2.24) is 19.6 Å². The first-order chi connectivity index (χ1) is 22.1. The molecular weight excluding hydrogens is 687 g/mol. The number of phenolic OH excluding ortho intramolecular Hbond substituents is 2. The Labute approximate surface area is 289 Å². The average molecular weight is 713 g/mol. The fourth-order valence-electron chi connectivity index (χ4n) is 4.11. The molecule has 0 aliphatic rings. The summed E-state index contributed by atoms with van der Waals surface area (Å²) in [6.07, 6.45) is 0. The first kappa shape index (κ1) is 34.7. The second-order valence-corrected chi connectivity index (χ2v) is 10.5. The Kier molecular flexibility index (Phi) is 11.4. The standard InChI is InChI=1S/2C16H13ClN4O2.Fe/c2*1-10-15(19-18-13-9-11(17)7-8-14(13)22)16(23)21(20-10)12-5-3-2-4-6-12;/h2*2-9,22-23H,1H3;. The molecule has 6 aromatic rings. The Balaban J connectivity index is 0.000000208. The molecule has 0 radical (unpaired) electrons. The van der Waals surface area contributed by atoms with Gasteiger partial charge in [-0.3, -0.25) is 0 Å². The van der Waals surface area contributed by atoms with Crippen LogP contribution in [0.2, 0.25) is 10.0 Å². The fourth-order valence-corrected chi connectivity index (χ4v) is 4.44. The van der Waals surface area contributed by atoms with Crippen LogP contribution in [-0.4, -0.2) is 40.0 Å². The van der Waals surface area contributed by atoms with E-state index >= 15 is 0 Å². The predicted octanol–water partition coefficient (Wildman–Crippen LogP) is 9.32. The molecule has 0 aliphatic carbocycles. The number of halogens is 2. The number of phenols is 2. The molecule has 4 N–H and O–H groups in total. The van der Waals surface area contributed by atoms with Crippen LogP contribution in [0, 0.1) is 13.8 Å². The molecule has 12 nitrogen and oxygen atoms in total. The number of hydrogen-bond acceptors (Lipinski definition) is 10. The van der Waals surface area contributed by atoms with Gasteiger partial charge in [0.2, 0.25) is 11.8 Å². The van der Waals surface area contributed by atoms with Crippen molar-refractivity contribution in [3.05, 3.63) is 118 Å². The summed E-state index contributed by atoms with van der Waals surface area (Å²) < 4.78 is 2.75. The molecule has 0 unspecified atom stereocenters. The van der Waals surface area contributed by atoms with Gasteiger partial charge in [-0.15, -0.1) is 20.5 Å². The zero-order valence-corrected chi connectivity index (χ0v) is 27.3. The van der Waals surface area contributed by atoms with E-state index in [2.05, 4.69) is 30.7 Å². The van der Waals surface area contributed by atoms with E-state index in [4.69, 9.17) is 23.2 Å². The van der Waals surface area contributed by atoms with E-state index in [1.807, 2.05) is 60.7 Å². The van der Waals surface area contributed by atoms with Crippen molar-refractivity contribution in [3.63, 3.8) is 0 Å². The van der Waals surface area contributed by atoms with Crippen LogP contribution in [0.1, 0.15) is 11.4 Å². The molecule has 0 atom stereocenters. The number of para-hydroxylation sites is 2. The number of hydrogen-bond donors (Lipinski definition) is 4. The van der Waals surface area contributed by atoms with Crippen LogP contribution in [0.25, 0.3) is 11.4 Å². The quantitative estimate of drug-likeness (QED) is 0.0992. The Hall–Kier alpha value is -5.20. The Morgan fingerprint density at radius 2 is 0.894 bits per heavy atom. The number of benzene rings is 4. The zero-order chi connectivity index (χ0) is 32.8. The minimum absolute atomic E-state index is 0. The molecular formula is C32H26Cl2FeN8O4. The van der Waals surface area contributed by atoms with E-state index in [-0.39, 0.29) is 63.1 Å². The second kappa shape index (κ2) is 15.4. The third kappa shape index (κ3) is 8.15. The Morgan fingerprint density at radius 1 is 0.532 bits per heavy atom. The molecule has 0 fully saturated rings. The third-order valence-electron chi connectivity index (χ3n) is 6.40. The van der Waals surface area contributed by atoms with Gasteiger partial charge in [0, 0.05) is 27.1 Å². The molecule has 0 bridgehead atoms. The molecule has 2 aromatic heterocycles. The monoisotopic (exact) mass is 712 g/mol. The van der Waals surface area contributed by atoms with E-state index in [9.17, 15) is 20.4 Å². The van der Waals surface area contributed by atoms with Crippen LogP contribution in [0.3, 0.4) is 0 Å². The van der Waals surface area contributed by atoms with Gasteiger partial charge in [0.1, 0.15) is 22.9 Å². The summed E-state index contributed by atoms with van der Waals surface area (Å²) in [6.45, 7) is 3.43. The summed E-state index contributed by atoms with van der Waals surface area (Å²) in [6, 6.07) is 27.3. The minimum atomic E-state index is -0.126. The van der Waals surface area contributed by atoms with E-state index < -0.39 is 0 Å². The van der Waals surface area contributed by atoms with Crippen molar-refractivity contribution in [2.45, 2.75) is 13.8 Å². The molecule has 0 spiro atoms. The fraction of sp³-hybridized carbons (Fsp3) is 0.0625. The zero-order valence-electron chi connectivity index (χ0n) is 24.7. The molecule has 47 heavy (non-hydrogen) atoms. The van der Waals surface area contributed by atoms with Crippen LogP contribution >= 0.6 is 23.2 Å². The Morgan fingerprint density at radius 3 is 1.26 bits per heavy atom. The number of azo groups is 2. The average Bonchev–Trinajstić information content (AvgIpc) is 3.51. The number of aromatic nitrogens is 4. The SMILES string of the molecule is Cc1nn(-c2ccccc2)c(O)c1N=Nc1cc(Cl)ccc1O.Cc1nn(-c2ccccc2)c(O)c1N=Nc1cc(Cl)ccc1O.[Fe]. The van der Waals surface area contributed by atoms with Crippen LogP contribution in [-0.2, 0) is 17.1 Å². The number of aryl methyl sites for hydroxylation is 2. The molecule has 6 rings (SSSR count). The number of aromatic hydroxyl groups is 4. The number of nitrogens with zero attached hydrogens (tertiary/aromatic N) is 8. The first-order valence-electron chi connectivity index (χ1n) is 13.6. The third-order valence-corrected chi connectivity index (χ3v) is 6.87. The van der Waals surface area contributed by atoms with Gasteiger partial charge in [-0.2, -0.15) is 19.6 Å². The molecule has 0 aliphatic heterocycles. The summed E-state index contributed by atoms with van der Waals surface area (Å²) in [5, 5.41) is 65.4. The van der Waals surface area contributed by atoms with Crippen molar-refractivity contribution in [1.29, 1.82) is 0 Å². The summed E-state index contributed by atoms with van der Waals surface area (Å²) >= 11 is 11.7. The van der Waals surface area contributed by atoms with E-state index in [0.717, 1.165) is 0 Å². The van der Waals surface area contributed by atoms with Crippen LogP contribution in [0.4, 0.5) is 22.7 Å². The van der Waals surface area contributed by atoms with Crippen molar-refractivity contribution in [2.75, 3.05) is 0 Å². The van der Waals surface area contributed by atoms with Gasteiger partial charge >= 0.3 is 0 Å².